The van der Waals surface area contributed by atoms with Crippen LogP contribution in [-0.2, 0) is 20.1 Å². The third-order valence-corrected chi connectivity index (χ3v) is 5.20. The van der Waals surface area contributed by atoms with E-state index in [9.17, 15) is 4.79 Å². The topological polar surface area (TPSA) is 42.0 Å². The molecule has 1 aromatic rings. The first-order valence-corrected chi connectivity index (χ1v) is 8.94. The van der Waals surface area contributed by atoms with E-state index in [2.05, 4.69) is 18.7 Å². The van der Waals surface area contributed by atoms with Crippen LogP contribution in [0.5, 0.6) is 0 Å². The van der Waals surface area contributed by atoms with Crippen LogP contribution in [0.2, 0.25) is 0 Å². The Hall–Kier alpha value is -1.43. The van der Waals surface area contributed by atoms with Crippen molar-refractivity contribution in [2.75, 3.05) is 37.9 Å². The maximum absolute atomic E-state index is 13.3. The molecule has 0 aromatic heterocycles. The highest BCUT2D eigenvalue weighted by atomic mass is 16.7. The van der Waals surface area contributed by atoms with Crippen LogP contribution in [0.15, 0.2) is 24.3 Å². The van der Waals surface area contributed by atoms with Gasteiger partial charge < -0.3 is 9.47 Å². The van der Waals surface area contributed by atoms with E-state index < -0.39 is 5.79 Å². The fourth-order valence-corrected chi connectivity index (χ4v) is 3.79. The Morgan fingerprint density at radius 2 is 1.71 bits per heavy atom. The molecule has 24 heavy (non-hydrogen) atoms. The van der Waals surface area contributed by atoms with Crippen molar-refractivity contribution in [1.29, 1.82) is 0 Å². The Kier molecular flexibility index (Phi) is 3.90. The first kappa shape index (κ1) is 16.1. The third-order valence-electron chi connectivity index (χ3n) is 5.20. The molecule has 5 heteroatoms. The number of carbonyl (C=O) groups is 1. The number of ether oxygens (including phenoxy) is 2. The molecule has 2 saturated heterocycles. The van der Waals surface area contributed by atoms with Crippen LogP contribution in [0.1, 0.15) is 38.7 Å². The van der Waals surface area contributed by atoms with Gasteiger partial charge in [0.25, 0.3) is 11.7 Å². The molecule has 0 aliphatic carbocycles. The predicted octanol–water partition coefficient (Wildman–Crippen LogP) is 2.70. The summed E-state index contributed by atoms with van der Waals surface area (Å²) in [6.07, 6.45) is 3.69. The van der Waals surface area contributed by atoms with E-state index in [0.717, 1.165) is 24.3 Å². The Labute approximate surface area is 143 Å². The van der Waals surface area contributed by atoms with Crippen molar-refractivity contribution in [3.05, 3.63) is 29.8 Å². The van der Waals surface area contributed by atoms with Crippen LogP contribution in [0.3, 0.4) is 0 Å². The van der Waals surface area contributed by atoms with E-state index >= 15 is 0 Å². The third kappa shape index (κ3) is 2.55. The van der Waals surface area contributed by atoms with Crippen molar-refractivity contribution in [2.24, 2.45) is 5.41 Å². The van der Waals surface area contributed by atoms with E-state index in [1.54, 1.807) is 0 Å². The molecule has 0 N–H and O–H groups in total. The summed E-state index contributed by atoms with van der Waals surface area (Å²) in [6, 6.07) is 7.88. The van der Waals surface area contributed by atoms with E-state index in [1.807, 2.05) is 29.2 Å². The van der Waals surface area contributed by atoms with Crippen LogP contribution in [0.4, 0.5) is 5.69 Å². The van der Waals surface area contributed by atoms with Gasteiger partial charge in [-0.1, -0.05) is 38.5 Å². The molecule has 0 bridgehead atoms. The molecular formula is C19H26N2O3. The monoisotopic (exact) mass is 330 g/mol. The molecule has 3 heterocycles. The average Bonchev–Trinajstić information content (AvgIpc) is 2.82. The molecular weight excluding hydrogens is 304 g/mol. The van der Waals surface area contributed by atoms with Gasteiger partial charge in [0.2, 0.25) is 0 Å². The highest BCUT2D eigenvalue weighted by Gasteiger charge is 2.56. The summed E-state index contributed by atoms with van der Waals surface area (Å²) in [7, 11) is 0. The normalized spacial score (nSPS) is 25.9. The summed E-state index contributed by atoms with van der Waals surface area (Å²) in [5, 5.41) is 0. The van der Waals surface area contributed by atoms with E-state index in [1.165, 1.54) is 19.3 Å². The van der Waals surface area contributed by atoms with Gasteiger partial charge >= 0.3 is 0 Å². The summed E-state index contributed by atoms with van der Waals surface area (Å²) in [5.41, 5.74) is 1.70. The fourth-order valence-electron chi connectivity index (χ4n) is 3.79. The highest BCUT2D eigenvalue weighted by Crippen LogP contribution is 2.47. The van der Waals surface area contributed by atoms with Gasteiger partial charge in [0.05, 0.1) is 25.6 Å². The number of amides is 1. The van der Waals surface area contributed by atoms with E-state index in [-0.39, 0.29) is 11.3 Å². The minimum Gasteiger partial charge on any atom is -0.338 e. The Morgan fingerprint density at radius 1 is 1.04 bits per heavy atom. The summed E-state index contributed by atoms with van der Waals surface area (Å²) in [6.45, 7) is 7.94. The maximum Gasteiger partial charge on any atom is 0.293 e. The van der Waals surface area contributed by atoms with E-state index in [0.29, 0.717) is 19.9 Å². The van der Waals surface area contributed by atoms with Crippen LogP contribution in [-0.4, -0.2) is 43.8 Å². The van der Waals surface area contributed by atoms with Gasteiger partial charge in [-0.05, 0) is 32.0 Å². The fraction of sp³-hybridized carbons (Fsp3) is 0.632. The first-order valence-electron chi connectivity index (χ1n) is 8.94. The minimum absolute atomic E-state index is 0.0687. The van der Waals surface area contributed by atoms with E-state index in [4.69, 9.17) is 9.47 Å². The first-order chi connectivity index (χ1) is 11.5. The molecule has 2 fully saturated rings. The van der Waals surface area contributed by atoms with Crippen LogP contribution < -0.4 is 4.90 Å². The summed E-state index contributed by atoms with van der Waals surface area (Å²) >= 11 is 0. The van der Waals surface area contributed by atoms with Crippen LogP contribution in [0, 0.1) is 5.41 Å². The van der Waals surface area contributed by atoms with Crippen molar-refractivity contribution in [3.63, 3.8) is 0 Å². The molecule has 5 nitrogen and oxygen atoms in total. The van der Waals surface area contributed by atoms with Crippen molar-refractivity contribution in [1.82, 2.24) is 4.90 Å². The van der Waals surface area contributed by atoms with Crippen LogP contribution >= 0.6 is 0 Å². The Balaban J connectivity index is 1.64. The number of hydrogen-bond acceptors (Lipinski definition) is 4. The molecule has 0 radical (unpaired) electrons. The van der Waals surface area contributed by atoms with Crippen molar-refractivity contribution in [2.45, 2.75) is 38.9 Å². The molecule has 0 saturated carbocycles. The lowest BCUT2D eigenvalue weighted by Gasteiger charge is -2.40. The van der Waals surface area contributed by atoms with Gasteiger partial charge in [0, 0.05) is 11.0 Å². The summed E-state index contributed by atoms with van der Waals surface area (Å²) in [4.78, 5) is 17.5. The summed E-state index contributed by atoms with van der Waals surface area (Å²) < 4.78 is 12.1. The number of nitrogens with zero attached hydrogens (tertiary/aromatic N) is 2. The molecule has 3 aliphatic rings. The largest absolute Gasteiger partial charge is 0.338 e. The number of anilines is 1. The van der Waals surface area contributed by atoms with Gasteiger partial charge in [-0.3, -0.25) is 14.6 Å². The average molecular weight is 330 g/mol. The molecule has 1 aromatic carbocycles. The SMILES string of the molecule is CC1(C)COC2(OC1)C(=O)N(CN1CCCCC1)c1ccccc12. The number of carbonyl (C=O) groups excluding carboxylic acids is 1. The zero-order valence-corrected chi connectivity index (χ0v) is 14.6. The van der Waals surface area contributed by atoms with Crippen molar-refractivity contribution < 1.29 is 14.3 Å². The standard InChI is InChI=1S/C19H26N2O3/c1-18(2)12-23-19(24-13-18)15-8-4-5-9-16(15)21(17(19)22)14-20-10-6-3-7-11-20/h4-5,8-9H,3,6-7,10-14H2,1-2H3. The minimum atomic E-state index is -1.25. The van der Waals surface area contributed by atoms with Gasteiger partial charge in [0.1, 0.15) is 0 Å². The number of piperidine rings is 1. The highest BCUT2D eigenvalue weighted by molar-refractivity contribution is 6.06. The maximum atomic E-state index is 13.3. The molecule has 0 atom stereocenters. The second-order valence-electron chi connectivity index (χ2n) is 7.93. The second-order valence-corrected chi connectivity index (χ2v) is 7.93. The Morgan fingerprint density at radius 3 is 2.42 bits per heavy atom. The lowest BCUT2D eigenvalue weighted by Crippen LogP contribution is -2.53. The van der Waals surface area contributed by atoms with Crippen molar-refractivity contribution >= 4 is 11.6 Å². The van der Waals surface area contributed by atoms with Gasteiger partial charge in [-0.2, -0.15) is 0 Å². The lowest BCUT2D eigenvalue weighted by molar-refractivity contribution is -0.286. The number of fused-ring (bicyclic) bond motifs is 2. The van der Waals surface area contributed by atoms with Gasteiger partial charge in [-0.25, -0.2) is 0 Å². The smallest absolute Gasteiger partial charge is 0.293 e. The number of likely N-dealkylation sites (tertiary alicyclic amines) is 1. The number of rotatable bonds is 2. The molecule has 1 amide bonds. The quantitative estimate of drug-likeness (QED) is 0.836. The molecule has 1 spiro atoms. The molecule has 4 rings (SSSR count). The number of para-hydroxylation sites is 1. The van der Waals surface area contributed by atoms with Crippen LogP contribution in [0.25, 0.3) is 0 Å². The van der Waals surface area contributed by atoms with Gasteiger partial charge in [0.15, 0.2) is 0 Å². The number of benzene rings is 1. The molecule has 0 unspecified atom stereocenters. The Bertz CT molecular complexity index is 627. The predicted molar refractivity (Wildman–Crippen MR) is 91.6 cm³/mol. The van der Waals surface area contributed by atoms with Gasteiger partial charge in [-0.15, -0.1) is 0 Å². The second kappa shape index (κ2) is 5.83. The number of hydrogen-bond donors (Lipinski definition) is 0. The molecule has 130 valence electrons. The lowest BCUT2D eigenvalue weighted by atomic mass is 9.93. The van der Waals surface area contributed by atoms with Crippen molar-refractivity contribution in [3.8, 4) is 0 Å². The molecule has 3 aliphatic heterocycles. The zero-order chi connectivity index (χ0) is 16.8. The zero-order valence-electron chi connectivity index (χ0n) is 14.6. The summed E-state index contributed by atoms with van der Waals surface area (Å²) in [5.74, 6) is -1.33.